The molecule has 1 aliphatic heterocycles. The molecule has 0 atom stereocenters. The minimum absolute atomic E-state index is 0.152. The number of anilines is 1. The molecule has 0 amide bonds. The standard InChI is InChI=1S/C20H20BrNO5/c1-22(2)15-8-12(5-6-16(15)24-3)20(23)14(21)7-13-9-18-19(27-11-26-18)10-17(13)25-4/h5-10H,11H2,1-4H3. The third-order valence-electron chi connectivity index (χ3n) is 4.15. The zero-order chi connectivity index (χ0) is 19.6. The maximum Gasteiger partial charge on any atom is 0.231 e. The van der Waals surface area contributed by atoms with Gasteiger partial charge in [0.1, 0.15) is 11.5 Å². The van der Waals surface area contributed by atoms with E-state index in [1.807, 2.05) is 19.0 Å². The molecule has 0 fully saturated rings. The van der Waals surface area contributed by atoms with Gasteiger partial charge in [-0.3, -0.25) is 4.79 Å². The predicted octanol–water partition coefficient (Wildman–Crippen LogP) is 4.12. The number of hydrogen-bond acceptors (Lipinski definition) is 6. The van der Waals surface area contributed by atoms with E-state index < -0.39 is 0 Å². The van der Waals surface area contributed by atoms with E-state index in [1.54, 1.807) is 50.6 Å². The van der Waals surface area contributed by atoms with E-state index in [2.05, 4.69) is 15.9 Å². The van der Waals surface area contributed by atoms with E-state index in [9.17, 15) is 4.79 Å². The summed E-state index contributed by atoms with van der Waals surface area (Å²) >= 11 is 3.40. The Kier molecular flexibility index (Phi) is 5.60. The maximum absolute atomic E-state index is 12.9. The number of carbonyl (C=O) groups is 1. The van der Waals surface area contributed by atoms with Crippen molar-refractivity contribution in [2.24, 2.45) is 0 Å². The highest BCUT2D eigenvalue weighted by molar-refractivity contribution is 9.12. The second-order valence-electron chi connectivity index (χ2n) is 6.05. The fraction of sp³-hybridized carbons (Fsp3) is 0.250. The monoisotopic (exact) mass is 433 g/mol. The number of Topliss-reactive ketones (excluding diaryl/α,β-unsaturated/α-hetero) is 1. The molecule has 3 rings (SSSR count). The summed E-state index contributed by atoms with van der Waals surface area (Å²) in [4.78, 5) is 14.8. The Morgan fingerprint density at radius 2 is 1.74 bits per heavy atom. The molecule has 0 radical (unpaired) electrons. The molecule has 0 spiro atoms. The van der Waals surface area contributed by atoms with Gasteiger partial charge in [-0.15, -0.1) is 0 Å². The van der Waals surface area contributed by atoms with Crippen LogP contribution in [-0.2, 0) is 0 Å². The van der Waals surface area contributed by atoms with Crippen LogP contribution in [0.2, 0.25) is 0 Å². The molecule has 142 valence electrons. The fourth-order valence-corrected chi connectivity index (χ4v) is 3.22. The van der Waals surface area contributed by atoms with Gasteiger partial charge >= 0.3 is 0 Å². The van der Waals surface area contributed by atoms with Gasteiger partial charge in [0, 0.05) is 31.3 Å². The number of benzene rings is 2. The van der Waals surface area contributed by atoms with Gasteiger partial charge in [0.25, 0.3) is 0 Å². The summed E-state index contributed by atoms with van der Waals surface area (Å²) in [5, 5.41) is 0. The topological polar surface area (TPSA) is 57.2 Å². The highest BCUT2D eigenvalue weighted by atomic mass is 79.9. The lowest BCUT2D eigenvalue weighted by molar-refractivity contribution is 0.104. The van der Waals surface area contributed by atoms with Gasteiger partial charge in [0.2, 0.25) is 6.79 Å². The normalized spacial score (nSPS) is 12.7. The number of rotatable bonds is 6. The summed E-state index contributed by atoms with van der Waals surface area (Å²) < 4.78 is 21.9. The number of ether oxygens (including phenoxy) is 4. The number of nitrogens with zero attached hydrogens (tertiary/aromatic N) is 1. The summed E-state index contributed by atoms with van der Waals surface area (Å²) in [6.45, 7) is 0.172. The number of fused-ring (bicyclic) bond motifs is 1. The van der Waals surface area contributed by atoms with Crippen molar-refractivity contribution in [3.05, 3.63) is 45.9 Å². The van der Waals surface area contributed by atoms with Crippen LogP contribution in [-0.4, -0.2) is 40.9 Å². The summed E-state index contributed by atoms with van der Waals surface area (Å²) in [6.07, 6.45) is 1.71. The van der Waals surface area contributed by atoms with Crippen molar-refractivity contribution in [2.45, 2.75) is 0 Å². The van der Waals surface area contributed by atoms with Gasteiger partial charge in [0.15, 0.2) is 17.3 Å². The van der Waals surface area contributed by atoms with Crippen LogP contribution in [0, 0.1) is 0 Å². The molecule has 1 heterocycles. The van der Waals surface area contributed by atoms with Crippen LogP contribution in [0.15, 0.2) is 34.8 Å². The van der Waals surface area contributed by atoms with Crippen LogP contribution in [0.25, 0.3) is 6.08 Å². The Morgan fingerprint density at radius 1 is 1.07 bits per heavy atom. The van der Waals surface area contributed by atoms with E-state index in [4.69, 9.17) is 18.9 Å². The average Bonchev–Trinajstić information content (AvgIpc) is 3.13. The van der Waals surface area contributed by atoms with Crippen LogP contribution in [0.4, 0.5) is 5.69 Å². The molecule has 0 saturated carbocycles. The molecule has 1 aliphatic rings. The third kappa shape index (κ3) is 3.88. The molecule has 0 bridgehead atoms. The van der Waals surface area contributed by atoms with Crippen molar-refractivity contribution in [2.75, 3.05) is 40.0 Å². The number of halogens is 1. The third-order valence-corrected chi connectivity index (χ3v) is 4.74. The molecule has 0 saturated heterocycles. The molecular weight excluding hydrogens is 414 g/mol. The van der Waals surface area contributed by atoms with Crippen molar-refractivity contribution >= 4 is 33.5 Å². The first-order chi connectivity index (χ1) is 12.9. The maximum atomic E-state index is 12.9. The highest BCUT2D eigenvalue weighted by Crippen LogP contribution is 2.39. The minimum Gasteiger partial charge on any atom is -0.496 e. The van der Waals surface area contributed by atoms with Crippen molar-refractivity contribution in [1.82, 2.24) is 0 Å². The van der Waals surface area contributed by atoms with Crippen molar-refractivity contribution in [3.63, 3.8) is 0 Å². The van der Waals surface area contributed by atoms with E-state index in [0.717, 1.165) is 5.69 Å². The van der Waals surface area contributed by atoms with Crippen molar-refractivity contribution in [1.29, 1.82) is 0 Å². The van der Waals surface area contributed by atoms with E-state index in [1.165, 1.54) is 0 Å². The van der Waals surface area contributed by atoms with Crippen LogP contribution in [0.3, 0.4) is 0 Å². The molecule has 6 nitrogen and oxygen atoms in total. The summed E-state index contributed by atoms with van der Waals surface area (Å²) in [5.41, 5.74) is 2.08. The average molecular weight is 434 g/mol. The van der Waals surface area contributed by atoms with Crippen molar-refractivity contribution < 1.29 is 23.7 Å². The zero-order valence-corrected chi connectivity index (χ0v) is 17.1. The first-order valence-corrected chi connectivity index (χ1v) is 8.98. The predicted molar refractivity (Wildman–Crippen MR) is 108 cm³/mol. The molecule has 0 N–H and O–H groups in total. The van der Waals surface area contributed by atoms with Crippen LogP contribution in [0.1, 0.15) is 15.9 Å². The first-order valence-electron chi connectivity index (χ1n) is 8.19. The molecule has 27 heavy (non-hydrogen) atoms. The van der Waals surface area contributed by atoms with E-state index in [-0.39, 0.29) is 12.6 Å². The van der Waals surface area contributed by atoms with Gasteiger partial charge in [-0.1, -0.05) is 0 Å². The Bertz CT molecular complexity index is 907. The number of hydrogen-bond donors (Lipinski definition) is 0. The van der Waals surface area contributed by atoms with Crippen LogP contribution in [0.5, 0.6) is 23.0 Å². The molecule has 7 heteroatoms. The smallest absolute Gasteiger partial charge is 0.231 e. The lowest BCUT2D eigenvalue weighted by Gasteiger charge is -2.17. The number of allylic oxidation sites excluding steroid dienone is 1. The number of methoxy groups -OCH3 is 2. The Morgan fingerprint density at radius 3 is 2.37 bits per heavy atom. The Labute approximate surface area is 166 Å². The van der Waals surface area contributed by atoms with Crippen molar-refractivity contribution in [3.8, 4) is 23.0 Å². The minimum atomic E-state index is -0.152. The number of carbonyl (C=O) groups excluding carboxylic acids is 1. The summed E-state index contributed by atoms with van der Waals surface area (Å²) in [7, 11) is 6.96. The van der Waals surface area contributed by atoms with Gasteiger partial charge in [-0.25, -0.2) is 0 Å². The van der Waals surface area contributed by atoms with Gasteiger partial charge in [-0.2, -0.15) is 0 Å². The van der Waals surface area contributed by atoms with E-state index >= 15 is 0 Å². The van der Waals surface area contributed by atoms with Gasteiger partial charge < -0.3 is 23.8 Å². The molecule has 2 aromatic carbocycles. The molecule has 2 aromatic rings. The lowest BCUT2D eigenvalue weighted by atomic mass is 10.1. The first kappa shape index (κ1) is 19.1. The second-order valence-corrected chi connectivity index (χ2v) is 6.90. The van der Waals surface area contributed by atoms with Gasteiger partial charge in [0.05, 0.1) is 24.4 Å². The van der Waals surface area contributed by atoms with E-state index in [0.29, 0.717) is 38.6 Å². The zero-order valence-electron chi connectivity index (χ0n) is 15.5. The Hall–Kier alpha value is -2.67. The highest BCUT2D eigenvalue weighted by Gasteiger charge is 2.19. The second kappa shape index (κ2) is 7.92. The summed E-state index contributed by atoms with van der Waals surface area (Å²) in [5.74, 6) is 2.38. The van der Waals surface area contributed by atoms with Crippen LogP contribution < -0.4 is 23.8 Å². The molecule has 0 unspecified atom stereocenters. The number of ketones is 1. The largest absolute Gasteiger partial charge is 0.496 e. The molecule has 0 aromatic heterocycles. The lowest BCUT2D eigenvalue weighted by Crippen LogP contribution is -2.11. The van der Waals surface area contributed by atoms with Crippen LogP contribution >= 0.6 is 15.9 Å². The fourth-order valence-electron chi connectivity index (χ4n) is 2.75. The molecule has 0 aliphatic carbocycles. The van der Waals surface area contributed by atoms with Gasteiger partial charge in [-0.05, 0) is 46.3 Å². The SMILES string of the molecule is COc1cc2c(cc1C=C(Br)C(=O)c1ccc(OC)c(N(C)C)c1)OCO2. The quantitative estimate of drug-likeness (QED) is 0.504. The molecular formula is C20H20BrNO5. The summed E-state index contributed by atoms with van der Waals surface area (Å²) in [6, 6.07) is 8.85. The Balaban J connectivity index is 1.95.